The maximum atomic E-state index is 5.84. The van der Waals surface area contributed by atoms with Crippen LogP contribution in [0.5, 0.6) is 0 Å². The first-order valence-electron chi connectivity index (χ1n) is 5.20. The summed E-state index contributed by atoms with van der Waals surface area (Å²) in [5.74, 6) is 5.70. The van der Waals surface area contributed by atoms with Gasteiger partial charge < -0.3 is 0 Å². The largest absolute Gasteiger partial charge is 0.296 e. The van der Waals surface area contributed by atoms with Crippen molar-refractivity contribution >= 4 is 24.0 Å². The Labute approximate surface area is 108 Å². The second-order valence-corrected chi connectivity index (χ2v) is 4.38. The van der Waals surface area contributed by atoms with Crippen LogP contribution in [0.1, 0.15) is 5.56 Å². The third-order valence-corrected chi connectivity index (χ3v) is 2.98. The highest BCUT2D eigenvalue weighted by molar-refractivity contribution is 6.30. The van der Waals surface area contributed by atoms with Crippen LogP contribution >= 0.6 is 24.0 Å². The molecule has 1 saturated heterocycles. The van der Waals surface area contributed by atoms with E-state index in [9.17, 15) is 0 Å². The average molecular weight is 262 g/mol. The van der Waals surface area contributed by atoms with Crippen molar-refractivity contribution in [3.63, 3.8) is 0 Å². The van der Waals surface area contributed by atoms with Gasteiger partial charge in [-0.25, -0.2) is 5.01 Å². The standard InChI is InChI=1S/C11H16ClN3.ClH/c12-11-3-1-10(2-4-11)9-14-5-7-15(13)8-6-14;/h1-4H,5-9,13H2;1H. The van der Waals surface area contributed by atoms with Crippen molar-refractivity contribution < 1.29 is 0 Å². The van der Waals surface area contributed by atoms with Gasteiger partial charge >= 0.3 is 0 Å². The summed E-state index contributed by atoms with van der Waals surface area (Å²) in [5.41, 5.74) is 1.31. The van der Waals surface area contributed by atoms with Crippen LogP contribution < -0.4 is 5.84 Å². The number of nitrogens with zero attached hydrogens (tertiary/aromatic N) is 2. The smallest absolute Gasteiger partial charge is 0.0406 e. The normalized spacial score (nSPS) is 18.1. The van der Waals surface area contributed by atoms with Gasteiger partial charge in [0.1, 0.15) is 0 Å². The monoisotopic (exact) mass is 261 g/mol. The first kappa shape index (κ1) is 13.7. The molecule has 1 aromatic carbocycles. The number of benzene rings is 1. The van der Waals surface area contributed by atoms with Gasteiger partial charge in [-0.1, -0.05) is 23.7 Å². The number of halogens is 2. The lowest BCUT2D eigenvalue weighted by Gasteiger charge is -2.31. The van der Waals surface area contributed by atoms with Crippen LogP contribution in [0, 0.1) is 0 Å². The summed E-state index contributed by atoms with van der Waals surface area (Å²) in [6.07, 6.45) is 0. The topological polar surface area (TPSA) is 32.5 Å². The molecule has 90 valence electrons. The van der Waals surface area contributed by atoms with Gasteiger partial charge in [0.15, 0.2) is 0 Å². The fourth-order valence-corrected chi connectivity index (χ4v) is 1.90. The molecule has 1 heterocycles. The lowest BCUT2D eigenvalue weighted by atomic mass is 10.2. The molecule has 0 aromatic heterocycles. The highest BCUT2D eigenvalue weighted by Gasteiger charge is 2.13. The Hall–Kier alpha value is -0.320. The van der Waals surface area contributed by atoms with E-state index in [0.717, 1.165) is 37.7 Å². The second-order valence-electron chi connectivity index (χ2n) is 3.94. The van der Waals surface area contributed by atoms with Crippen LogP contribution in [0.2, 0.25) is 5.02 Å². The summed E-state index contributed by atoms with van der Waals surface area (Å²) in [5, 5.41) is 2.67. The summed E-state index contributed by atoms with van der Waals surface area (Å²) in [4.78, 5) is 2.41. The van der Waals surface area contributed by atoms with Crippen molar-refractivity contribution in [3.05, 3.63) is 34.9 Å². The van der Waals surface area contributed by atoms with Crippen molar-refractivity contribution in [1.29, 1.82) is 0 Å². The molecule has 2 N–H and O–H groups in total. The van der Waals surface area contributed by atoms with Crippen LogP contribution in [0.15, 0.2) is 24.3 Å². The van der Waals surface area contributed by atoms with E-state index < -0.39 is 0 Å². The van der Waals surface area contributed by atoms with Crippen LogP contribution in [-0.2, 0) is 6.54 Å². The number of rotatable bonds is 2. The number of nitrogens with two attached hydrogens (primary N) is 1. The van der Waals surface area contributed by atoms with Gasteiger partial charge in [0, 0.05) is 37.7 Å². The molecule has 1 fully saturated rings. The van der Waals surface area contributed by atoms with E-state index >= 15 is 0 Å². The number of hydrogen-bond acceptors (Lipinski definition) is 3. The second kappa shape index (κ2) is 6.42. The van der Waals surface area contributed by atoms with E-state index in [2.05, 4.69) is 17.0 Å². The summed E-state index contributed by atoms with van der Waals surface area (Å²) in [7, 11) is 0. The predicted octanol–water partition coefficient (Wildman–Crippen LogP) is 1.75. The fraction of sp³-hybridized carbons (Fsp3) is 0.455. The first-order valence-corrected chi connectivity index (χ1v) is 5.58. The van der Waals surface area contributed by atoms with Gasteiger partial charge in [0.05, 0.1) is 0 Å². The molecule has 1 aliphatic heterocycles. The van der Waals surface area contributed by atoms with Gasteiger partial charge in [-0.15, -0.1) is 12.4 Å². The highest BCUT2D eigenvalue weighted by atomic mass is 35.5. The molecule has 0 bridgehead atoms. The van der Waals surface area contributed by atoms with Gasteiger partial charge in [-0.3, -0.25) is 10.7 Å². The Bertz CT molecular complexity index is 308. The Morgan fingerprint density at radius 1 is 1.06 bits per heavy atom. The number of hydrogen-bond donors (Lipinski definition) is 1. The maximum absolute atomic E-state index is 5.84. The highest BCUT2D eigenvalue weighted by Crippen LogP contribution is 2.12. The SMILES string of the molecule is Cl.NN1CCN(Cc2ccc(Cl)cc2)CC1. The Morgan fingerprint density at radius 3 is 2.19 bits per heavy atom. The third-order valence-electron chi connectivity index (χ3n) is 2.73. The minimum atomic E-state index is 0. The zero-order valence-electron chi connectivity index (χ0n) is 9.10. The summed E-state index contributed by atoms with van der Waals surface area (Å²) in [6, 6.07) is 8.04. The van der Waals surface area contributed by atoms with Gasteiger partial charge in [-0.05, 0) is 17.7 Å². The Kier molecular flexibility index (Phi) is 5.52. The molecular formula is C11H17Cl2N3. The van der Waals surface area contributed by atoms with E-state index in [1.165, 1.54) is 5.56 Å². The molecule has 5 heteroatoms. The van der Waals surface area contributed by atoms with E-state index in [4.69, 9.17) is 17.4 Å². The molecule has 0 spiro atoms. The zero-order valence-corrected chi connectivity index (χ0v) is 10.7. The van der Waals surface area contributed by atoms with Gasteiger partial charge in [0.25, 0.3) is 0 Å². The Morgan fingerprint density at radius 2 is 1.62 bits per heavy atom. The van der Waals surface area contributed by atoms with Gasteiger partial charge in [0.2, 0.25) is 0 Å². The molecule has 0 radical (unpaired) electrons. The van der Waals surface area contributed by atoms with Crippen LogP contribution in [-0.4, -0.2) is 36.1 Å². The summed E-state index contributed by atoms with van der Waals surface area (Å²) >= 11 is 5.84. The van der Waals surface area contributed by atoms with Crippen LogP contribution in [0.25, 0.3) is 0 Å². The van der Waals surface area contributed by atoms with E-state index in [1.807, 2.05) is 17.1 Å². The van der Waals surface area contributed by atoms with E-state index in [1.54, 1.807) is 0 Å². The molecular weight excluding hydrogens is 245 g/mol. The first-order chi connectivity index (χ1) is 7.24. The minimum absolute atomic E-state index is 0. The molecule has 0 saturated carbocycles. The maximum Gasteiger partial charge on any atom is 0.0406 e. The summed E-state index contributed by atoms with van der Waals surface area (Å²) < 4.78 is 0. The molecule has 2 rings (SSSR count). The molecule has 1 aromatic rings. The van der Waals surface area contributed by atoms with Crippen LogP contribution in [0.3, 0.4) is 0 Å². The lowest BCUT2D eigenvalue weighted by Crippen LogP contribution is -2.48. The fourth-order valence-electron chi connectivity index (χ4n) is 1.77. The summed E-state index contributed by atoms with van der Waals surface area (Å²) in [6.45, 7) is 4.98. The molecule has 1 aliphatic rings. The van der Waals surface area contributed by atoms with E-state index in [0.29, 0.717) is 0 Å². The molecule has 0 aliphatic carbocycles. The minimum Gasteiger partial charge on any atom is -0.296 e. The van der Waals surface area contributed by atoms with Gasteiger partial charge in [-0.2, -0.15) is 0 Å². The number of piperazine rings is 1. The van der Waals surface area contributed by atoms with Crippen LogP contribution in [0.4, 0.5) is 0 Å². The zero-order chi connectivity index (χ0) is 10.7. The quantitative estimate of drug-likeness (QED) is 0.824. The third kappa shape index (κ3) is 3.92. The van der Waals surface area contributed by atoms with Crippen molar-refractivity contribution in [2.24, 2.45) is 5.84 Å². The van der Waals surface area contributed by atoms with Crippen molar-refractivity contribution in [3.8, 4) is 0 Å². The van der Waals surface area contributed by atoms with Crippen molar-refractivity contribution in [2.45, 2.75) is 6.54 Å². The number of hydrazine groups is 1. The molecule has 16 heavy (non-hydrogen) atoms. The van der Waals surface area contributed by atoms with E-state index in [-0.39, 0.29) is 12.4 Å². The molecule has 0 amide bonds. The molecule has 0 unspecified atom stereocenters. The molecule has 0 atom stereocenters. The average Bonchev–Trinajstić information content (AvgIpc) is 2.25. The lowest BCUT2D eigenvalue weighted by molar-refractivity contribution is 0.128. The predicted molar refractivity (Wildman–Crippen MR) is 69.7 cm³/mol. The van der Waals surface area contributed by atoms with Crippen molar-refractivity contribution in [1.82, 2.24) is 9.91 Å². The Balaban J connectivity index is 0.00000128. The van der Waals surface area contributed by atoms with Crippen molar-refractivity contribution in [2.75, 3.05) is 26.2 Å². The molecule has 3 nitrogen and oxygen atoms in total.